The van der Waals surface area contributed by atoms with Gasteiger partial charge in [0.1, 0.15) is 5.69 Å². The van der Waals surface area contributed by atoms with Gasteiger partial charge in [0.05, 0.1) is 0 Å². The fraction of sp³-hybridized carbons (Fsp3) is 0.526. The Morgan fingerprint density at radius 1 is 1.22 bits per heavy atom. The molecular formula is C19H25N3O. The molecule has 1 amide bonds. The molecule has 0 saturated carbocycles. The van der Waals surface area contributed by atoms with Crippen LogP contribution in [0.3, 0.4) is 0 Å². The lowest BCUT2D eigenvalue weighted by atomic mass is 9.72. The Balaban J connectivity index is 1.63. The van der Waals surface area contributed by atoms with Gasteiger partial charge in [0.2, 0.25) is 0 Å². The zero-order valence-corrected chi connectivity index (χ0v) is 14.2. The average Bonchev–Trinajstić information content (AvgIpc) is 2.89. The molecule has 122 valence electrons. The number of aromatic nitrogens is 1. The summed E-state index contributed by atoms with van der Waals surface area (Å²) in [4.78, 5) is 15.4. The molecule has 4 heterocycles. The van der Waals surface area contributed by atoms with E-state index in [1.165, 1.54) is 12.8 Å². The highest BCUT2D eigenvalue weighted by atomic mass is 16.2. The predicted octanol–water partition coefficient (Wildman–Crippen LogP) is 2.78. The molecule has 5 rings (SSSR count). The Labute approximate surface area is 137 Å². The maximum absolute atomic E-state index is 12.9. The largest absolute Gasteiger partial charge is 0.346 e. The van der Waals surface area contributed by atoms with Crippen molar-refractivity contribution < 1.29 is 4.79 Å². The van der Waals surface area contributed by atoms with Crippen LogP contribution in [0, 0.1) is 5.92 Å². The van der Waals surface area contributed by atoms with Crippen molar-refractivity contribution in [2.75, 3.05) is 13.1 Å². The van der Waals surface area contributed by atoms with E-state index in [0.29, 0.717) is 5.92 Å². The summed E-state index contributed by atoms with van der Waals surface area (Å²) in [5.41, 5.74) is 1.89. The second-order valence-corrected chi connectivity index (χ2v) is 7.58. The SMILES string of the molecule is Cn1c(C(=O)NC2C3CCN(CC3)C2(C)C)cc2ccccc21. The maximum atomic E-state index is 12.9. The number of carbonyl (C=O) groups excluding carboxylic acids is 1. The molecule has 0 aliphatic carbocycles. The smallest absolute Gasteiger partial charge is 0.268 e. The summed E-state index contributed by atoms with van der Waals surface area (Å²) < 4.78 is 2.00. The predicted molar refractivity (Wildman–Crippen MR) is 92.5 cm³/mol. The zero-order valence-electron chi connectivity index (χ0n) is 14.2. The minimum Gasteiger partial charge on any atom is -0.346 e. The van der Waals surface area contributed by atoms with Gasteiger partial charge in [-0.15, -0.1) is 0 Å². The van der Waals surface area contributed by atoms with E-state index in [9.17, 15) is 4.79 Å². The summed E-state index contributed by atoms with van der Waals surface area (Å²) in [6.07, 6.45) is 2.40. The van der Waals surface area contributed by atoms with Gasteiger partial charge in [-0.1, -0.05) is 18.2 Å². The topological polar surface area (TPSA) is 37.3 Å². The normalized spacial score (nSPS) is 28.9. The minimum atomic E-state index is 0.0431. The van der Waals surface area contributed by atoms with Crippen LogP contribution >= 0.6 is 0 Å². The number of carbonyl (C=O) groups is 1. The van der Waals surface area contributed by atoms with Gasteiger partial charge in [-0.05, 0) is 57.8 Å². The lowest BCUT2D eigenvalue weighted by molar-refractivity contribution is -0.0378. The molecule has 2 bridgehead atoms. The monoisotopic (exact) mass is 311 g/mol. The highest BCUT2D eigenvalue weighted by molar-refractivity contribution is 5.98. The van der Waals surface area contributed by atoms with Crippen molar-refractivity contribution in [3.05, 3.63) is 36.0 Å². The molecule has 2 aromatic rings. The first-order chi connectivity index (χ1) is 11.0. The van der Waals surface area contributed by atoms with Gasteiger partial charge in [0.15, 0.2) is 0 Å². The van der Waals surface area contributed by atoms with Crippen molar-refractivity contribution in [3.63, 3.8) is 0 Å². The van der Waals surface area contributed by atoms with Crippen molar-refractivity contribution in [1.82, 2.24) is 14.8 Å². The van der Waals surface area contributed by atoms with Gasteiger partial charge in [-0.25, -0.2) is 0 Å². The van der Waals surface area contributed by atoms with Crippen LogP contribution in [0.15, 0.2) is 30.3 Å². The number of nitrogens with zero attached hydrogens (tertiary/aromatic N) is 2. The second-order valence-electron chi connectivity index (χ2n) is 7.58. The van der Waals surface area contributed by atoms with Gasteiger partial charge in [-0.2, -0.15) is 0 Å². The van der Waals surface area contributed by atoms with Gasteiger partial charge >= 0.3 is 0 Å². The molecule has 1 unspecified atom stereocenters. The molecule has 3 aliphatic heterocycles. The van der Waals surface area contributed by atoms with Gasteiger partial charge in [0, 0.05) is 29.5 Å². The molecule has 3 fully saturated rings. The molecule has 0 spiro atoms. The average molecular weight is 311 g/mol. The van der Waals surface area contributed by atoms with Gasteiger partial charge in [-0.3, -0.25) is 9.69 Å². The second kappa shape index (κ2) is 5.10. The zero-order chi connectivity index (χ0) is 16.2. The molecule has 0 radical (unpaired) electrons. The van der Waals surface area contributed by atoms with Crippen molar-refractivity contribution in [3.8, 4) is 0 Å². The highest BCUT2D eigenvalue weighted by Gasteiger charge is 2.48. The fourth-order valence-electron chi connectivity index (χ4n) is 4.60. The van der Waals surface area contributed by atoms with E-state index in [-0.39, 0.29) is 17.5 Å². The van der Waals surface area contributed by atoms with Crippen LogP contribution in [0.5, 0.6) is 0 Å². The molecule has 4 heteroatoms. The third-order valence-electron chi connectivity index (χ3n) is 6.06. The summed E-state index contributed by atoms with van der Waals surface area (Å²) in [7, 11) is 1.97. The van der Waals surface area contributed by atoms with Gasteiger partial charge in [0.25, 0.3) is 5.91 Å². The van der Waals surface area contributed by atoms with Crippen LogP contribution in [0.4, 0.5) is 0 Å². The number of aryl methyl sites for hydroxylation is 1. The summed E-state index contributed by atoms with van der Waals surface area (Å²) in [6, 6.07) is 10.4. The number of hydrogen-bond acceptors (Lipinski definition) is 2. The Morgan fingerprint density at radius 2 is 1.91 bits per heavy atom. The van der Waals surface area contributed by atoms with Gasteiger partial charge < -0.3 is 9.88 Å². The molecule has 23 heavy (non-hydrogen) atoms. The van der Waals surface area contributed by atoms with E-state index in [1.54, 1.807) is 0 Å². The number of amides is 1. The standard InChI is InChI=1S/C19H25N3O/c1-19(2)17(13-8-10-22(19)11-9-13)20-18(23)16-12-14-6-4-5-7-15(14)21(16)3/h4-7,12-13,17H,8-11H2,1-3H3,(H,20,23). The Bertz CT molecular complexity index is 753. The summed E-state index contributed by atoms with van der Waals surface area (Å²) in [5, 5.41) is 4.48. The third-order valence-corrected chi connectivity index (χ3v) is 6.06. The van der Waals surface area contributed by atoms with Crippen LogP contribution in [-0.4, -0.2) is 40.0 Å². The lowest BCUT2D eigenvalue weighted by Crippen LogP contribution is -2.69. The number of piperidine rings is 3. The Hall–Kier alpha value is -1.81. The number of hydrogen-bond donors (Lipinski definition) is 1. The van der Waals surface area contributed by atoms with Crippen LogP contribution in [-0.2, 0) is 7.05 Å². The maximum Gasteiger partial charge on any atom is 0.268 e. The quantitative estimate of drug-likeness (QED) is 0.926. The van der Waals surface area contributed by atoms with E-state index in [1.807, 2.05) is 29.8 Å². The minimum absolute atomic E-state index is 0.0431. The van der Waals surface area contributed by atoms with Crippen LogP contribution in [0.25, 0.3) is 10.9 Å². The molecule has 1 N–H and O–H groups in total. The van der Waals surface area contributed by atoms with Crippen molar-refractivity contribution >= 4 is 16.8 Å². The fourth-order valence-corrected chi connectivity index (χ4v) is 4.60. The van der Waals surface area contributed by atoms with Crippen LogP contribution in [0.2, 0.25) is 0 Å². The first-order valence-electron chi connectivity index (χ1n) is 8.59. The summed E-state index contributed by atoms with van der Waals surface area (Å²) >= 11 is 0. The summed E-state index contributed by atoms with van der Waals surface area (Å²) in [5.74, 6) is 0.657. The van der Waals surface area contributed by atoms with Crippen LogP contribution < -0.4 is 5.32 Å². The molecule has 3 saturated heterocycles. The molecule has 1 atom stereocenters. The van der Waals surface area contributed by atoms with Crippen LogP contribution in [0.1, 0.15) is 37.2 Å². The van der Waals surface area contributed by atoms with E-state index in [0.717, 1.165) is 29.7 Å². The lowest BCUT2D eigenvalue weighted by Gasteiger charge is -2.56. The number of para-hydroxylation sites is 1. The summed E-state index contributed by atoms with van der Waals surface area (Å²) in [6.45, 7) is 6.87. The van der Waals surface area contributed by atoms with Crippen molar-refractivity contribution in [2.24, 2.45) is 13.0 Å². The van der Waals surface area contributed by atoms with E-state index >= 15 is 0 Å². The number of benzene rings is 1. The van der Waals surface area contributed by atoms with E-state index in [4.69, 9.17) is 0 Å². The molecule has 4 nitrogen and oxygen atoms in total. The first-order valence-corrected chi connectivity index (χ1v) is 8.59. The Kier molecular flexibility index (Phi) is 3.27. The molecule has 1 aromatic heterocycles. The highest BCUT2D eigenvalue weighted by Crippen LogP contribution is 2.39. The van der Waals surface area contributed by atoms with Crippen molar-refractivity contribution in [1.29, 1.82) is 0 Å². The molecule has 1 aromatic carbocycles. The molecular weight excluding hydrogens is 286 g/mol. The number of rotatable bonds is 2. The Morgan fingerprint density at radius 3 is 2.57 bits per heavy atom. The van der Waals surface area contributed by atoms with E-state index < -0.39 is 0 Å². The first kappa shape index (κ1) is 14.8. The molecule has 3 aliphatic rings. The third kappa shape index (κ3) is 2.19. The number of fused-ring (bicyclic) bond motifs is 4. The van der Waals surface area contributed by atoms with E-state index in [2.05, 4.69) is 36.2 Å². The number of nitrogens with one attached hydrogen (secondary N) is 1. The van der Waals surface area contributed by atoms with Crippen molar-refractivity contribution in [2.45, 2.75) is 38.3 Å².